The highest BCUT2D eigenvalue weighted by Gasteiger charge is 2.30. The molecule has 0 atom stereocenters. The van der Waals surface area contributed by atoms with Gasteiger partial charge in [-0.1, -0.05) is 48.5 Å². The maximum Gasteiger partial charge on any atom is 0.0780 e. The van der Waals surface area contributed by atoms with E-state index in [4.69, 9.17) is 9.47 Å². The van der Waals surface area contributed by atoms with Crippen molar-refractivity contribution in [1.82, 2.24) is 0 Å². The van der Waals surface area contributed by atoms with Crippen LogP contribution in [-0.4, -0.2) is 30.8 Å². The molecule has 16 heavy (non-hydrogen) atoms. The molecule has 0 heterocycles. The fraction of sp³-hybridized carbons (Fsp3) is 1.00. The molecule has 1 aliphatic rings. The van der Waals surface area contributed by atoms with Crippen molar-refractivity contribution in [3.63, 3.8) is 0 Å². The molecule has 0 amide bonds. The van der Waals surface area contributed by atoms with E-state index in [0.717, 1.165) is 31.6 Å². The highest BCUT2D eigenvalue weighted by atomic mass is 79.9. The molecule has 0 radical (unpaired) electrons. The van der Waals surface area contributed by atoms with Gasteiger partial charge >= 0.3 is 0 Å². The van der Waals surface area contributed by atoms with Crippen molar-refractivity contribution >= 4 is 15.9 Å². The van der Waals surface area contributed by atoms with Crippen LogP contribution in [0.1, 0.15) is 51.9 Å². The molecule has 0 saturated heterocycles. The van der Waals surface area contributed by atoms with E-state index in [1.165, 1.54) is 38.5 Å². The lowest BCUT2D eigenvalue weighted by atomic mass is 9.97. The number of ether oxygens (including phenoxy) is 2. The molecule has 0 unspecified atom stereocenters. The molecule has 1 rings (SSSR count). The molecule has 0 bridgehead atoms. The first-order valence-corrected chi connectivity index (χ1v) is 7.73. The Morgan fingerprint density at radius 3 is 2.25 bits per heavy atom. The molecule has 0 spiro atoms. The first-order valence-electron chi connectivity index (χ1n) is 6.61. The van der Waals surface area contributed by atoms with Gasteiger partial charge in [0.05, 0.1) is 18.8 Å². The third kappa shape index (κ3) is 5.15. The van der Waals surface area contributed by atoms with Gasteiger partial charge < -0.3 is 9.47 Å². The van der Waals surface area contributed by atoms with E-state index in [9.17, 15) is 0 Å². The summed E-state index contributed by atoms with van der Waals surface area (Å²) < 4.78 is 11.5. The molecule has 96 valence electrons. The van der Waals surface area contributed by atoms with Gasteiger partial charge in [0, 0.05) is 11.9 Å². The number of hydrogen-bond donors (Lipinski definition) is 0. The minimum atomic E-state index is 0.0894. The summed E-state index contributed by atoms with van der Waals surface area (Å²) in [5.74, 6) is 0. The van der Waals surface area contributed by atoms with Crippen molar-refractivity contribution in [2.24, 2.45) is 0 Å². The summed E-state index contributed by atoms with van der Waals surface area (Å²) in [6, 6.07) is 0. The van der Waals surface area contributed by atoms with Crippen LogP contribution >= 0.6 is 15.9 Å². The maximum absolute atomic E-state index is 6.07. The Kier molecular flexibility index (Phi) is 7.67. The van der Waals surface area contributed by atoms with Gasteiger partial charge in [0.15, 0.2) is 0 Å². The molecule has 0 aromatic heterocycles. The lowest BCUT2D eigenvalue weighted by Gasteiger charge is -2.31. The van der Waals surface area contributed by atoms with Gasteiger partial charge in [0.2, 0.25) is 0 Å². The summed E-state index contributed by atoms with van der Waals surface area (Å²) in [7, 11) is 0. The second-order valence-electron chi connectivity index (χ2n) is 4.69. The first kappa shape index (κ1) is 14.5. The molecular formula is C13H25BrO2. The van der Waals surface area contributed by atoms with Gasteiger partial charge in [0.1, 0.15) is 0 Å². The van der Waals surface area contributed by atoms with E-state index in [0.29, 0.717) is 0 Å². The van der Waals surface area contributed by atoms with Crippen molar-refractivity contribution in [3.8, 4) is 0 Å². The van der Waals surface area contributed by atoms with Crippen molar-refractivity contribution < 1.29 is 9.47 Å². The van der Waals surface area contributed by atoms with Crippen LogP contribution in [0.15, 0.2) is 0 Å². The minimum Gasteiger partial charge on any atom is -0.379 e. The quantitative estimate of drug-likeness (QED) is 0.402. The number of rotatable bonds is 7. The zero-order valence-electron chi connectivity index (χ0n) is 10.5. The molecule has 1 saturated carbocycles. The Bertz CT molecular complexity index is 165. The normalized spacial score (nSPS) is 20.6. The van der Waals surface area contributed by atoms with E-state index >= 15 is 0 Å². The average molecular weight is 293 g/mol. The lowest BCUT2D eigenvalue weighted by molar-refractivity contribution is -0.0609. The van der Waals surface area contributed by atoms with E-state index in [1.54, 1.807) is 0 Å². The summed E-state index contributed by atoms with van der Waals surface area (Å²) in [5.41, 5.74) is 0.0894. The monoisotopic (exact) mass is 292 g/mol. The minimum absolute atomic E-state index is 0.0894. The summed E-state index contributed by atoms with van der Waals surface area (Å²) in [5, 5.41) is 0.966. The van der Waals surface area contributed by atoms with Crippen LogP contribution in [0.2, 0.25) is 0 Å². The third-order valence-corrected chi connectivity index (χ3v) is 4.26. The molecule has 1 fully saturated rings. The lowest BCUT2D eigenvalue weighted by Crippen LogP contribution is -2.35. The van der Waals surface area contributed by atoms with Crippen LogP contribution in [0.3, 0.4) is 0 Å². The number of hydrogen-bond acceptors (Lipinski definition) is 2. The van der Waals surface area contributed by atoms with Gasteiger partial charge in [0.25, 0.3) is 0 Å². The molecule has 0 aromatic carbocycles. The second kappa shape index (κ2) is 8.48. The summed E-state index contributed by atoms with van der Waals surface area (Å²) in [4.78, 5) is 0. The average Bonchev–Trinajstić information content (AvgIpc) is 2.55. The van der Waals surface area contributed by atoms with E-state index < -0.39 is 0 Å². The smallest absolute Gasteiger partial charge is 0.0780 e. The van der Waals surface area contributed by atoms with Crippen LogP contribution in [0.4, 0.5) is 0 Å². The summed E-state index contributed by atoms with van der Waals surface area (Å²) >= 11 is 3.62. The van der Waals surface area contributed by atoms with Gasteiger partial charge in [-0.05, 0) is 19.3 Å². The maximum atomic E-state index is 6.07. The predicted octanol–water partition coefficient (Wildman–Crippen LogP) is 3.92. The Hall–Kier alpha value is 0.400. The summed E-state index contributed by atoms with van der Waals surface area (Å²) in [6.07, 6.45) is 8.83. The fourth-order valence-corrected chi connectivity index (χ4v) is 2.98. The molecule has 1 aliphatic carbocycles. The SMILES string of the molecule is CCCOCCOC1(CBr)CCCCCC1. The van der Waals surface area contributed by atoms with Crippen molar-refractivity contribution in [2.75, 3.05) is 25.2 Å². The Labute approximate surface area is 108 Å². The van der Waals surface area contributed by atoms with Crippen molar-refractivity contribution in [2.45, 2.75) is 57.5 Å². The summed E-state index contributed by atoms with van der Waals surface area (Å²) in [6.45, 7) is 4.46. The van der Waals surface area contributed by atoms with Crippen LogP contribution in [-0.2, 0) is 9.47 Å². The second-order valence-corrected chi connectivity index (χ2v) is 5.25. The largest absolute Gasteiger partial charge is 0.379 e. The van der Waals surface area contributed by atoms with Gasteiger partial charge in [-0.3, -0.25) is 0 Å². The Morgan fingerprint density at radius 2 is 1.69 bits per heavy atom. The molecule has 0 aliphatic heterocycles. The van der Waals surface area contributed by atoms with Crippen molar-refractivity contribution in [3.05, 3.63) is 0 Å². The first-order chi connectivity index (χ1) is 7.83. The van der Waals surface area contributed by atoms with Crippen molar-refractivity contribution in [1.29, 1.82) is 0 Å². The number of alkyl halides is 1. The molecule has 3 heteroatoms. The van der Waals surface area contributed by atoms with Crippen LogP contribution < -0.4 is 0 Å². The molecule has 0 aromatic rings. The molecular weight excluding hydrogens is 268 g/mol. The zero-order valence-corrected chi connectivity index (χ0v) is 12.1. The van der Waals surface area contributed by atoms with E-state index in [-0.39, 0.29) is 5.60 Å². The van der Waals surface area contributed by atoms with E-state index in [1.807, 2.05) is 0 Å². The molecule has 2 nitrogen and oxygen atoms in total. The highest BCUT2D eigenvalue weighted by molar-refractivity contribution is 9.09. The van der Waals surface area contributed by atoms with Crippen LogP contribution in [0, 0.1) is 0 Å². The zero-order chi connectivity index (χ0) is 11.7. The third-order valence-electron chi connectivity index (χ3n) is 3.24. The van der Waals surface area contributed by atoms with Gasteiger partial charge in [-0.2, -0.15) is 0 Å². The Balaban J connectivity index is 2.22. The van der Waals surface area contributed by atoms with E-state index in [2.05, 4.69) is 22.9 Å². The van der Waals surface area contributed by atoms with Crippen LogP contribution in [0.25, 0.3) is 0 Å². The standard InChI is InChI=1S/C13H25BrO2/c1-2-9-15-10-11-16-13(12-14)7-5-3-4-6-8-13/h2-12H2,1H3. The van der Waals surface area contributed by atoms with Gasteiger partial charge in [-0.25, -0.2) is 0 Å². The predicted molar refractivity (Wildman–Crippen MR) is 71.3 cm³/mol. The molecule has 0 N–H and O–H groups in total. The highest BCUT2D eigenvalue weighted by Crippen LogP contribution is 2.32. The fourth-order valence-electron chi connectivity index (χ4n) is 2.25. The van der Waals surface area contributed by atoms with Gasteiger partial charge in [-0.15, -0.1) is 0 Å². The van der Waals surface area contributed by atoms with Crippen LogP contribution in [0.5, 0.6) is 0 Å². The Morgan fingerprint density at radius 1 is 1.00 bits per heavy atom. The number of halogens is 1. The topological polar surface area (TPSA) is 18.5 Å².